The third kappa shape index (κ3) is 4.81. The van der Waals surface area contributed by atoms with Gasteiger partial charge in [0.25, 0.3) is 5.69 Å². The molecule has 152 valence electrons. The fourth-order valence-electron chi connectivity index (χ4n) is 2.66. The van der Waals surface area contributed by atoms with E-state index in [4.69, 9.17) is 10.5 Å². The first-order chi connectivity index (χ1) is 13.9. The number of ether oxygens (including phenoxy) is 1. The Hall–Kier alpha value is -3.19. The minimum absolute atomic E-state index is 0.130. The molecule has 0 bridgehead atoms. The zero-order chi connectivity index (χ0) is 21.0. The number of hydrogen-bond acceptors (Lipinski definition) is 10. The second-order valence-corrected chi connectivity index (χ2v) is 7.92. The number of nitro groups is 1. The van der Waals surface area contributed by atoms with Crippen LogP contribution in [-0.4, -0.2) is 39.5 Å². The van der Waals surface area contributed by atoms with Crippen molar-refractivity contribution < 1.29 is 19.2 Å². The Bertz CT molecular complexity index is 992. The minimum atomic E-state index is -0.905. The number of nitrogens with one attached hydrogen (secondary N) is 2. The molecule has 0 fully saturated rings. The molecule has 0 saturated heterocycles. The van der Waals surface area contributed by atoms with Crippen LogP contribution in [0.15, 0.2) is 39.9 Å². The number of thioether (sulfide) groups is 1. The van der Waals surface area contributed by atoms with E-state index in [0.29, 0.717) is 20.7 Å². The molecule has 29 heavy (non-hydrogen) atoms. The molecule has 2 aromatic rings. The first-order valence-electron chi connectivity index (χ1n) is 8.32. The monoisotopic (exact) mass is 436 g/mol. The number of non-ortho nitro benzene ring substituents is 1. The van der Waals surface area contributed by atoms with E-state index in [-0.39, 0.29) is 23.6 Å². The van der Waals surface area contributed by atoms with Gasteiger partial charge < -0.3 is 21.1 Å². The number of amides is 2. The van der Waals surface area contributed by atoms with Gasteiger partial charge in [-0.2, -0.15) is 0 Å². The van der Waals surface area contributed by atoms with Crippen LogP contribution in [-0.2, 0) is 9.53 Å². The molecule has 1 aliphatic rings. The van der Waals surface area contributed by atoms with E-state index in [1.807, 2.05) is 0 Å². The molecule has 1 unspecified atom stereocenters. The zero-order valence-corrected chi connectivity index (χ0v) is 16.7. The highest BCUT2D eigenvalue weighted by molar-refractivity contribution is 8.01. The lowest BCUT2D eigenvalue weighted by molar-refractivity contribution is -0.384. The average Bonchev–Trinajstić information content (AvgIpc) is 3.11. The summed E-state index contributed by atoms with van der Waals surface area (Å²) in [5, 5.41) is 24.3. The van der Waals surface area contributed by atoms with Crippen molar-refractivity contribution in [1.29, 1.82) is 0 Å². The Kier molecular flexibility index (Phi) is 6.29. The second-order valence-electron chi connectivity index (χ2n) is 5.69. The molecule has 1 aromatic heterocycles. The summed E-state index contributed by atoms with van der Waals surface area (Å²) in [5.74, 6) is -0.439. The molecule has 1 aliphatic heterocycles. The lowest BCUT2D eigenvalue weighted by Gasteiger charge is -2.29. The summed E-state index contributed by atoms with van der Waals surface area (Å²) in [6, 6.07) is 4.28. The molecule has 11 nitrogen and oxygen atoms in total. The van der Waals surface area contributed by atoms with Crippen LogP contribution in [0.5, 0.6) is 0 Å². The van der Waals surface area contributed by atoms with Crippen LogP contribution in [0.1, 0.15) is 18.5 Å². The van der Waals surface area contributed by atoms with Crippen molar-refractivity contribution in [3.8, 4) is 0 Å². The number of urea groups is 1. The van der Waals surface area contributed by atoms with Crippen LogP contribution >= 0.6 is 23.1 Å². The standard InChI is InChI=1S/C16H16N6O5S2/c1-2-27-13(23)11-10(7-28-16-21-20-14(17)29-16)18-15(24)19-12(11)8-4-3-5-9(6-8)22(25)26/h3-6,12H,2,7H2,1H3,(H2,17,20)(H2,18,19,24). The van der Waals surface area contributed by atoms with Crippen molar-refractivity contribution in [2.75, 3.05) is 18.1 Å². The molecule has 13 heteroatoms. The minimum Gasteiger partial charge on any atom is -0.463 e. The number of nitrogens with two attached hydrogens (primary N) is 1. The third-order valence-corrected chi connectivity index (χ3v) is 5.74. The number of nitro benzene ring substituents is 1. The van der Waals surface area contributed by atoms with Gasteiger partial charge in [-0.25, -0.2) is 9.59 Å². The van der Waals surface area contributed by atoms with Gasteiger partial charge in [-0.15, -0.1) is 10.2 Å². The van der Waals surface area contributed by atoms with Gasteiger partial charge in [0.15, 0.2) is 4.34 Å². The summed E-state index contributed by atoms with van der Waals surface area (Å²) >= 11 is 2.42. The van der Waals surface area contributed by atoms with E-state index in [1.54, 1.807) is 13.0 Å². The maximum absolute atomic E-state index is 12.7. The fourth-order valence-corrected chi connectivity index (χ4v) is 4.27. The maximum atomic E-state index is 12.7. The predicted molar refractivity (Wildman–Crippen MR) is 106 cm³/mol. The van der Waals surface area contributed by atoms with Crippen molar-refractivity contribution in [2.45, 2.75) is 17.3 Å². The predicted octanol–water partition coefficient (Wildman–Crippen LogP) is 1.99. The normalized spacial score (nSPS) is 16.2. The summed E-state index contributed by atoms with van der Waals surface area (Å²) in [4.78, 5) is 35.5. The number of esters is 1. The summed E-state index contributed by atoms with van der Waals surface area (Å²) < 4.78 is 5.72. The molecular formula is C16H16N6O5S2. The summed E-state index contributed by atoms with van der Waals surface area (Å²) in [6.07, 6.45) is 0. The van der Waals surface area contributed by atoms with Gasteiger partial charge in [0.05, 0.1) is 23.1 Å². The van der Waals surface area contributed by atoms with E-state index < -0.39 is 23.0 Å². The number of nitrogens with zero attached hydrogens (tertiary/aromatic N) is 3. The summed E-state index contributed by atoms with van der Waals surface area (Å²) in [5.41, 5.74) is 6.29. The highest BCUT2D eigenvalue weighted by atomic mass is 32.2. The molecule has 0 radical (unpaired) electrons. The zero-order valence-electron chi connectivity index (χ0n) is 15.1. The first-order valence-corrected chi connectivity index (χ1v) is 10.1. The fraction of sp³-hybridized carbons (Fsp3) is 0.250. The van der Waals surface area contributed by atoms with Crippen molar-refractivity contribution >= 4 is 45.9 Å². The Morgan fingerprint density at radius 3 is 2.90 bits per heavy atom. The Labute approximate surface area is 172 Å². The molecule has 1 aromatic carbocycles. The van der Waals surface area contributed by atoms with E-state index in [9.17, 15) is 19.7 Å². The van der Waals surface area contributed by atoms with Crippen LogP contribution in [0.4, 0.5) is 15.6 Å². The Morgan fingerprint density at radius 2 is 2.24 bits per heavy atom. The molecular weight excluding hydrogens is 420 g/mol. The van der Waals surface area contributed by atoms with Crippen LogP contribution in [0.3, 0.4) is 0 Å². The molecule has 0 saturated carbocycles. The molecule has 4 N–H and O–H groups in total. The molecule has 0 spiro atoms. The molecule has 2 amide bonds. The third-order valence-electron chi connectivity index (χ3n) is 3.83. The van der Waals surface area contributed by atoms with Crippen molar-refractivity contribution in [1.82, 2.24) is 20.8 Å². The van der Waals surface area contributed by atoms with Crippen LogP contribution in [0.25, 0.3) is 0 Å². The average molecular weight is 436 g/mol. The van der Waals surface area contributed by atoms with Gasteiger partial charge >= 0.3 is 12.0 Å². The molecule has 0 aliphatic carbocycles. The lowest BCUT2D eigenvalue weighted by Crippen LogP contribution is -2.46. The van der Waals surface area contributed by atoms with Gasteiger partial charge in [0, 0.05) is 23.6 Å². The smallest absolute Gasteiger partial charge is 0.338 e. The number of anilines is 1. The molecule has 1 atom stereocenters. The second kappa shape index (κ2) is 8.87. The summed E-state index contributed by atoms with van der Waals surface area (Å²) in [7, 11) is 0. The quantitative estimate of drug-likeness (QED) is 0.255. The number of carbonyl (C=O) groups excluding carboxylic acids is 2. The number of hydrogen-bond donors (Lipinski definition) is 3. The topological polar surface area (TPSA) is 162 Å². The highest BCUT2D eigenvalue weighted by Gasteiger charge is 2.34. The number of benzene rings is 1. The van der Waals surface area contributed by atoms with Gasteiger partial charge in [0.2, 0.25) is 5.13 Å². The van der Waals surface area contributed by atoms with Gasteiger partial charge in [0.1, 0.15) is 0 Å². The largest absolute Gasteiger partial charge is 0.463 e. The van der Waals surface area contributed by atoms with Gasteiger partial charge in [-0.05, 0) is 12.5 Å². The van der Waals surface area contributed by atoms with Crippen LogP contribution < -0.4 is 16.4 Å². The van der Waals surface area contributed by atoms with Crippen molar-refractivity contribution in [2.24, 2.45) is 0 Å². The maximum Gasteiger partial charge on any atom is 0.338 e. The molecule has 3 rings (SSSR count). The number of rotatable bonds is 7. The first kappa shape index (κ1) is 20.5. The summed E-state index contributed by atoms with van der Waals surface area (Å²) in [6.45, 7) is 1.79. The van der Waals surface area contributed by atoms with E-state index >= 15 is 0 Å². The van der Waals surface area contributed by atoms with Gasteiger partial charge in [-0.1, -0.05) is 35.2 Å². The molecule has 2 heterocycles. The van der Waals surface area contributed by atoms with Crippen LogP contribution in [0.2, 0.25) is 0 Å². The number of aromatic nitrogens is 2. The van der Waals surface area contributed by atoms with Crippen molar-refractivity contribution in [3.05, 3.63) is 51.2 Å². The van der Waals surface area contributed by atoms with E-state index in [0.717, 1.165) is 0 Å². The van der Waals surface area contributed by atoms with E-state index in [2.05, 4.69) is 20.8 Å². The Balaban J connectivity index is 2.00. The number of nitrogen functional groups attached to an aromatic ring is 1. The highest BCUT2D eigenvalue weighted by Crippen LogP contribution is 2.32. The van der Waals surface area contributed by atoms with Gasteiger partial charge in [-0.3, -0.25) is 10.1 Å². The van der Waals surface area contributed by atoms with Crippen LogP contribution in [0, 0.1) is 10.1 Å². The SMILES string of the molecule is CCOC(=O)C1=C(CSc2nnc(N)s2)NC(=O)NC1c1cccc([N+](=O)[O-])c1. The van der Waals surface area contributed by atoms with Crippen molar-refractivity contribution in [3.63, 3.8) is 0 Å². The number of carbonyl (C=O) groups is 2. The van der Waals surface area contributed by atoms with E-state index in [1.165, 1.54) is 41.3 Å². The lowest BCUT2D eigenvalue weighted by atomic mass is 9.95. The Morgan fingerprint density at radius 1 is 1.45 bits per heavy atom.